The number of carbonyl (C=O) groups excluding carboxylic acids is 1. The Morgan fingerprint density at radius 1 is 1.44 bits per heavy atom. The summed E-state index contributed by atoms with van der Waals surface area (Å²) in [5.74, 6) is -0.0331. The number of phenols is 1. The Morgan fingerprint density at radius 2 is 2.11 bits per heavy atom. The second kappa shape index (κ2) is 7.30. The summed E-state index contributed by atoms with van der Waals surface area (Å²) in [6.45, 7) is 0.468. The summed E-state index contributed by atoms with van der Waals surface area (Å²) in [5, 5.41) is 20.2. The lowest BCUT2D eigenvalue weighted by atomic mass is 10.1. The Balaban J connectivity index is 2.35. The average molecular weight is 247 g/mol. The van der Waals surface area contributed by atoms with Crippen molar-refractivity contribution in [2.75, 3.05) is 6.54 Å². The number of nitrogens with two attached hydrogens (primary N) is 1. The van der Waals surface area contributed by atoms with Crippen LogP contribution in [-0.4, -0.2) is 23.6 Å². The Labute approximate surface area is 106 Å². The van der Waals surface area contributed by atoms with Gasteiger partial charge in [-0.15, -0.1) is 0 Å². The summed E-state index contributed by atoms with van der Waals surface area (Å²) in [7, 11) is 0. The van der Waals surface area contributed by atoms with Crippen LogP contribution in [-0.2, 0) is 11.2 Å². The van der Waals surface area contributed by atoms with Crippen molar-refractivity contribution in [3.05, 3.63) is 29.8 Å². The van der Waals surface area contributed by atoms with Crippen molar-refractivity contribution in [3.63, 3.8) is 0 Å². The predicted octanol–water partition coefficient (Wildman–Crippen LogP) is 0.682. The molecule has 0 saturated heterocycles. The Bertz CT molecular complexity index is 423. The molecule has 1 aromatic rings. The number of hydrogen-bond acceptors (Lipinski definition) is 4. The number of hydrogen-bond donors (Lipinski definition) is 3. The van der Waals surface area contributed by atoms with Crippen LogP contribution in [0.2, 0.25) is 0 Å². The van der Waals surface area contributed by atoms with E-state index in [1.807, 2.05) is 6.07 Å². The maximum atomic E-state index is 11.6. The van der Waals surface area contributed by atoms with Crippen LogP contribution in [0.25, 0.3) is 0 Å². The molecular weight excluding hydrogens is 230 g/mol. The van der Waals surface area contributed by atoms with E-state index in [0.717, 1.165) is 5.56 Å². The molecule has 0 aliphatic heterocycles. The van der Waals surface area contributed by atoms with Gasteiger partial charge in [0.1, 0.15) is 5.75 Å². The lowest BCUT2D eigenvalue weighted by molar-refractivity contribution is -0.122. The van der Waals surface area contributed by atoms with Gasteiger partial charge in [0, 0.05) is 13.0 Å². The largest absolute Gasteiger partial charge is 0.508 e. The van der Waals surface area contributed by atoms with Gasteiger partial charge in [0.25, 0.3) is 0 Å². The molecule has 0 radical (unpaired) electrons. The molecule has 0 unspecified atom stereocenters. The van der Waals surface area contributed by atoms with Gasteiger partial charge < -0.3 is 16.2 Å². The van der Waals surface area contributed by atoms with Crippen molar-refractivity contribution in [2.24, 2.45) is 5.73 Å². The normalized spacial score (nSPS) is 11.6. The number of carbonyl (C=O) groups is 1. The van der Waals surface area contributed by atoms with Crippen LogP contribution in [0.4, 0.5) is 0 Å². The smallest absolute Gasteiger partial charge is 0.237 e. The minimum atomic E-state index is -0.614. The zero-order valence-electron chi connectivity index (χ0n) is 10.1. The Kier molecular flexibility index (Phi) is 5.68. The Hall–Kier alpha value is -2.06. The van der Waals surface area contributed by atoms with Crippen molar-refractivity contribution in [3.8, 4) is 11.8 Å². The van der Waals surface area contributed by atoms with E-state index in [4.69, 9.17) is 16.1 Å². The topological polar surface area (TPSA) is 99.1 Å². The summed E-state index contributed by atoms with van der Waals surface area (Å²) in [4.78, 5) is 11.6. The quantitative estimate of drug-likeness (QED) is 0.644. The van der Waals surface area contributed by atoms with Gasteiger partial charge in [-0.3, -0.25) is 4.79 Å². The minimum absolute atomic E-state index is 0.188. The highest BCUT2D eigenvalue weighted by Gasteiger charge is 2.13. The summed E-state index contributed by atoms with van der Waals surface area (Å²) < 4.78 is 0. The summed E-state index contributed by atoms with van der Waals surface area (Å²) in [6, 6.07) is 7.99. The zero-order valence-corrected chi connectivity index (χ0v) is 10.1. The van der Waals surface area contributed by atoms with Gasteiger partial charge in [0.2, 0.25) is 5.91 Å². The van der Waals surface area contributed by atoms with Crippen LogP contribution in [0, 0.1) is 11.3 Å². The first-order chi connectivity index (χ1) is 8.63. The number of unbranched alkanes of at least 4 members (excludes halogenated alkanes) is 1. The molecule has 0 heterocycles. The number of benzene rings is 1. The van der Waals surface area contributed by atoms with Gasteiger partial charge in [-0.05, 0) is 30.5 Å². The first-order valence-corrected chi connectivity index (χ1v) is 5.81. The third-order valence-corrected chi connectivity index (χ3v) is 2.49. The van der Waals surface area contributed by atoms with Gasteiger partial charge in [0.05, 0.1) is 12.1 Å². The molecule has 96 valence electrons. The number of aromatic hydroxyl groups is 1. The van der Waals surface area contributed by atoms with Crippen molar-refractivity contribution in [1.29, 1.82) is 5.26 Å². The van der Waals surface area contributed by atoms with Crippen LogP contribution in [0.1, 0.15) is 18.4 Å². The molecule has 0 spiro atoms. The predicted molar refractivity (Wildman–Crippen MR) is 67.6 cm³/mol. The molecule has 0 aliphatic carbocycles. The lowest BCUT2D eigenvalue weighted by Gasteiger charge is -2.11. The molecule has 0 fully saturated rings. The molecule has 5 nitrogen and oxygen atoms in total. The SMILES string of the molecule is N#CCCCNC(=O)[C@H](N)Cc1ccc(O)cc1. The van der Waals surface area contributed by atoms with E-state index in [0.29, 0.717) is 25.8 Å². The molecule has 1 aromatic carbocycles. The highest BCUT2D eigenvalue weighted by atomic mass is 16.3. The fourth-order valence-corrected chi connectivity index (χ4v) is 1.49. The maximum Gasteiger partial charge on any atom is 0.237 e. The third-order valence-electron chi connectivity index (χ3n) is 2.49. The van der Waals surface area contributed by atoms with Crippen molar-refractivity contribution < 1.29 is 9.90 Å². The molecule has 0 aromatic heterocycles. The molecule has 1 atom stereocenters. The van der Waals surface area contributed by atoms with Crippen molar-refractivity contribution in [1.82, 2.24) is 5.32 Å². The van der Waals surface area contributed by atoms with Crippen molar-refractivity contribution in [2.45, 2.75) is 25.3 Å². The second-order valence-corrected chi connectivity index (χ2v) is 4.03. The summed E-state index contributed by atoms with van der Waals surface area (Å²) in [6.07, 6.45) is 1.48. The van der Waals surface area contributed by atoms with E-state index in [9.17, 15) is 4.79 Å². The number of nitriles is 1. The van der Waals surface area contributed by atoms with Crippen LogP contribution in [0.3, 0.4) is 0 Å². The molecule has 1 rings (SSSR count). The van der Waals surface area contributed by atoms with E-state index in [1.54, 1.807) is 24.3 Å². The van der Waals surface area contributed by atoms with E-state index in [-0.39, 0.29) is 11.7 Å². The fraction of sp³-hybridized carbons (Fsp3) is 0.385. The van der Waals surface area contributed by atoms with Crippen LogP contribution < -0.4 is 11.1 Å². The molecule has 18 heavy (non-hydrogen) atoms. The van der Waals surface area contributed by atoms with E-state index in [2.05, 4.69) is 5.32 Å². The standard InChI is InChI=1S/C13H17N3O2/c14-7-1-2-8-16-13(18)12(15)9-10-3-5-11(17)6-4-10/h3-6,12,17H,1-2,8-9,15H2,(H,16,18)/t12-/m1/s1. The van der Waals surface area contributed by atoms with Crippen LogP contribution >= 0.6 is 0 Å². The molecule has 0 aliphatic rings. The number of phenolic OH excluding ortho intramolecular Hbond substituents is 1. The first-order valence-electron chi connectivity index (χ1n) is 5.81. The molecule has 1 amide bonds. The fourth-order valence-electron chi connectivity index (χ4n) is 1.49. The average Bonchev–Trinajstić information content (AvgIpc) is 2.37. The molecule has 5 heteroatoms. The molecule has 0 bridgehead atoms. The van der Waals surface area contributed by atoms with Gasteiger partial charge in [-0.2, -0.15) is 5.26 Å². The van der Waals surface area contributed by atoms with Gasteiger partial charge in [-0.25, -0.2) is 0 Å². The monoisotopic (exact) mass is 247 g/mol. The molecule has 4 N–H and O–H groups in total. The Morgan fingerprint density at radius 3 is 2.72 bits per heavy atom. The van der Waals surface area contributed by atoms with E-state index < -0.39 is 6.04 Å². The number of amides is 1. The minimum Gasteiger partial charge on any atom is -0.508 e. The second-order valence-electron chi connectivity index (χ2n) is 4.03. The van der Waals surface area contributed by atoms with E-state index >= 15 is 0 Å². The molecule has 0 saturated carbocycles. The third kappa shape index (κ3) is 4.85. The van der Waals surface area contributed by atoms with Crippen molar-refractivity contribution >= 4 is 5.91 Å². The highest BCUT2D eigenvalue weighted by Crippen LogP contribution is 2.10. The maximum absolute atomic E-state index is 11.6. The van der Waals surface area contributed by atoms with Gasteiger partial charge in [-0.1, -0.05) is 12.1 Å². The lowest BCUT2D eigenvalue weighted by Crippen LogP contribution is -2.42. The van der Waals surface area contributed by atoms with Crippen LogP contribution in [0.15, 0.2) is 24.3 Å². The first kappa shape index (κ1) is 14.0. The number of rotatable bonds is 6. The molecular formula is C13H17N3O2. The van der Waals surface area contributed by atoms with Gasteiger partial charge in [0.15, 0.2) is 0 Å². The summed E-state index contributed by atoms with van der Waals surface area (Å²) in [5.41, 5.74) is 6.66. The van der Waals surface area contributed by atoms with Crippen LogP contribution in [0.5, 0.6) is 5.75 Å². The highest BCUT2D eigenvalue weighted by molar-refractivity contribution is 5.81. The van der Waals surface area contributed by atoms with Gasteiger partial charge >= 0.3 is 0 Å². The zero-order chi connectivity index (χ0) is 13.4. The number of nitrogens with zero attached hydrogens (tertiary/aromatic N) is 1. The summed E-state index contributed by atoms with van der Waals surface area (Å²) >= 11 is 0. The number of nitrogens with one attached hydrogen (secondary N) is 1. The van der Waals surface area contributed by atoms with E-state index in [1.165, 1.54) is 0 Å².